The molecule has 0 heterocycles. The highest BCUT2D eigenvalue weighted by atomic mass is 19.1. The Morgan fingerprint density at radius 1 is 1.44 bits per heavy atom. The van der Waals surface area contributed by atoms with Crippen molar-refractivity contribution in [1.82, 2.24) is 5.32 Å². The van der Waals surface area contributed by atoms with Crippen LogP contribution in [0.4, 0.5) is 4.39 Å². The summed E-state index contributed by atoms with van der Waals surface area (Å²) < 4.78 is 13.1. The van der Waals surface area contributed by atoms with Crippen molar-refractivity contribution >= 4 is 0 Å². The summed E-state index contributed by atoms with van der Waals surface area (Å²) in [5.74, 6) is -0.167. The van der Waals surface area contributed by atoms with Crippen LogP contribution < -0.4 is 5.32 Å². The number of benzene rings is 1. The van der Waals surface area contributed by atoms with Crippen LogP contribution in [0.2, 0.25) is 0 Å². The van der Waals surface area contributed by atoms with Crippen molar-refractivity contribution in [2.24, 2.45) is 0 Å². The van der Waals surface area contributed by atoms with Gasteiger partial charge >= 0.3 is 0 Å². The van der Waals surface area contributed by atoms with E-state index in [0.717, 1.165) is 18.5 Å². The van der Waals surface area contributed by atoms with Crippen LogP contribution in [0.1, 0.15) is 38.8 Å². The second kappa shape index (κ2) is 6.44. The Balaban J connectivity index is 2.64. The third-order valence-electron chi connectivity index (χ3n) is 2.53. The van der Waals surface area contributed by atoms with Crippen LogP contribution >= 0.6 is 0 Å². The van der Waals surface area contributed by atoms with Gasteiger partial charge in [-0.15, -0.1) is 0 Å². The molecule has 0 aromatic heterocycles. The van der Waals surface area contributed by atoms with Crippen LogP contribution in [0, 0.1) is 5.82 Å². The van der Waals surface area contributed by atoms with Crippen molar-refractivity contribution in [3.63, 3.8) is 0 Å². The van der Waals surface area contributed by atoms with Crippen molar-refractivity contribution in [3.05, 3.63) is 47.3 Å². The van der Waals surface area contributed by atoms with E-state index in [0.29, 0.717) is 0 Å². The second-order valence-corrected chi connectivity index (χ2v) is 4.21. The third-order valence-corrected chi connectivity index (χ3v) is 2.53. The summed E-state index contributed by atoms with van der Waals surface area (Å²) in [6.07, 6.45) is 3.10. The second-order valence-electron chi connectivity index (χ2n) is 4.21. The largest absolute Gasteiger partial charge is 0.306 e. The average molecular weight is 221 g/mol. The number of halogens is 1. The molecule has 1 atom stereocenters. The summed E-state index contributed by atoms with van der Waals surface area (Å²) in [6.45, 7) is 7.08. The molecule has 0 saturated carbocycles. The lowest BCUT2D eigenvalue weighted by atomic mass is 10.0. The van der Waals surface area contributed by atoms with Gasteiger partial charge in [-0.2, -0.15) is 0 Å². The summed E-state index contributed by atoms with van der Waals surface area (Å²) in [4.78, 5) is 0. The Kier molecular flexibility index (Phi) is 5.20. The Hall–Kier alpha value is -1.15. The summed E-state index contributed by atoms with van der Waals surface area (Å²) in [6, 6.07) is 7.03. The van der Waals surface area contributed by atoms with Crippen LogP contribution in [0.5, 0.6) is 0 Å². The minimum absolute atomic E-state index is 0.167. The first kappa shape index (κ1) is 12.9. The minimum atomic E-state index is -0.167. The molecule has 2 heteroatoms. The van der Waals surface area contributed by atoms with Gasteiger partial charge in [-0.25, -0.2) is 4.39 Å². The molecule has 1 rings (SSSR count). The van der Waals surface area contributed by atoms with Gasteiger partial charge in [-0.05, 0) is 38.0 Å². The number of rotatable bonds is 5. The molecule has 0 spiro atoms. The lowest BCUT2D eigenvalue weighted by molar-refractivity contribution is 0.543. The van der Waals surface area contributed by atoms with Gasteiger partial charge in [0.25, 0.3) is 0 Å². The maximum atomic E-state index is 13.1. The summed E-state index contributed by atoms with van der Waals surface area (Å²) in [7, 11) is 0. The average Bonchev–Trinajstić information content (AvgIpc) is 2.24. The molecule has 1 aromatic carbocycles. The minimum Gasteiger partial charge on any atom is -0.306 e. The molecule has 1 nitrogen and oxygen atoms in total. The van der Waals surface area contributed by atoms with Gasteiger partial charge in [0.1, 0.15) is 5.82 Å². The molecule has 0 amide bonds. The molecular formula is C14H20FN. The SMILES string of the molecule is CCC(NCC=C(C)C)c1cccc(F)c1. The van der Waals surface area contributed by atoms with Gasteiger partial charge in [0.15, 0.2) is 0 Å². The highest BCUT2D eigenvalue weighted by Gasteiger charge is 2.07. The molecule has 0 saturated heterocycles. The summed E-state index contributed by atoms with van der Waals surface area (Å²) in [5.41, 5.74) is 2.31. The number of hydrogen-bond donors (Lipinski definition) is 1. The van der Waals surface area contributed by atoms with Gasteiger partial charge in [-0.3, -0.25) is 0 Å². The van der Waals surface area contributed by atoms with Crippen molar-refractivity contribution < 1.29 is 4.39 Å². The van der Waals surface area contributed by atoms with Crippen LogP contribution in [0.15, 0.2) is 35.9 Å². The van der Waals surface area contributed by atoms with Crippen molar-refractivity contribution in [2.45, 2.75) is 33.2 Å². The van der Waals surface area contributed by atoms with Crippen LogP contribution in [-0.2, 0) is 0 Å². The molecule has 0 aliphatic rings. The monoisotopic (exact) mass is 221 g/mol. The maximum absolute atomic E-state index is 13.1. The number of allylic oxidation sites excluding steroid dienone is 1. The molecule has 1 aromatic rings. The van der Waals surface area contributed by atoms with Crippen molar-refractivity contribution in [1.29, 1.82) is 0 Å². The first-order chi connectivity index (χ1) is 7.63. The fourth-order valence-corrected chi connectivity index (χ4v) is 1.63. The standard InChI is InChI=1S/C14H20FN/c1-4-14(16-9-8-11(2)3)12-6-5-7-13(15)10-12/h5-8,10,14,16H,4,9H2,1-3H3. The fraction of sp³-hybridized carbons (Fsp3) is 0.429. The molecule has 0 bridgehead atoms. The van der Waals surface area contributed by atoms with E-state index in [1.807, 2.05) is 6.07 Å². The highest BCUT2D eigenvalue weighted by molar-refractivity contribution is 5.20. The Bertz CT molecular complexity index is 354. The van der Waals surface area contributed by atoms with E-state index in [4.69, 9.17) is 0 Å². The zero-order valence-electron chi connectivity index (χ0n) is 10.3. The zero-order valence-corrected chi connectivity index (χ0v) is 10.3. The molecular weight excluding hydrogens is 201 g/mol. The van der Waals surface area contributed by atoms with E-state index in [2.05, 4.69) is 32.2 Å². The Morgan fingerprint density at radius 3 is 2.75 bits per heavy atom. The lowest BCUT2D eigenvalue weighted by Gasteiger charge is -2.16. The van der Waals surface area contributed by atoms with Gasteiger partial charge in [0.2, 0.25) is 0 Å². The van der Waals surface area contributed by atoms with E-state index < -0.39 is 0 Å². The van der Waals surface area contributed by atoms with E-state index in [1.54, 1.807) is 12.1 Å². The quantitative estimate of drug-likeness (QED) is 0.745. The van der Waals surface area contributed by atoms with Crippen LogP contribution in [0.25, 0.3) is 0 Å². The molecule has 0 radical (unpaired) electrons. The molecule has 0 fully saturated rings. The van der Waals surface area contributed by atoms with Crippen LogP contribution in [-0.4, -0.2) is 6.54 Å². The highest BCUT2D eigenvalue weighted by Crippen LogP contribution is 2.17. The molecule has 88 valence electrons. The predicted molar refractivity (Wildman–Crippen MR) is 66.9 cm³/mol. The Labute approximate surface area is 97.4 Å². The molecule has 0 aliphatic carbocycles. The van der Waals surface area contributed by atoms with E-state index >= 15 is 0 Å². The van der Waals surface area contributed by atoms with E-state index in [1.165, 1.54) is 11.6 Å². The van der Waals surface area contributed by atoms with Gasteiger partial charge in [0.05, 0.1) is 0 Å². The first-order valence-electron chi connectivity index (χ1n) is 5.75. The normalized spacial score (nSPS) is 12.2. The fourth-order valence-electron chi connectivity index (χ4n) is 1.63. The topological polar surface area (TPSA) is 12.0 Å². The zero-order chi connectivity index (χ0) is 12.0. The van der Waals surface area contributed by atoms with Crippen molar-refractivity contribution in [2.75, 3.05) is 6.54 Å². The molecule has 1 N–H and O–H groups in total. The van der Waals surface area contributed by atoms with E-state index in [-0.39, 0.29) is 11.9 Å². The third kappa shape index (κ3) is 4.15. The summed E-state index contributed by atoms with van der Waals surface area (Å²) >= 11 is 0. The molecule has 0 aliphatic heterocycles. The van der Waals surface area contributed by atoms with Gasteiger partial charge < -0.3 is 5.32 Å². The van der Waals surface area contributed by atoms with E-state index in [9.17, 15) is 4.39 Å². The number of nitrogens with one attached hydrogen (secondary N) is 1. The van der Waals surface area contributed by atoms with Gasteiger partial charge in [0, 0.05) is 12.6 Å². The molecule has 16 heavy (non-hydrogen) atoms. The van der Waals surface area contributed by atoms with Crippen LogP contribution in [0.3, 0.4) is 0 Å². The van der Waals surface area contributed by atoms with Crippen molar-refractivity contribution in [3.8, 4) is 0 Å². The lowest BCUT2D eigenvalue weighted by Crippen LogP contribution is -2.21. The smallest absolute Gasteiger partial charge is 0.123 e. The van der Waals surface area contributed by atoms with Gasteiger partial charge in [-0.1, -0.05) is 30.7 Å². The number of hydrogen-bond acceptors (Lipinski definition) is 1. The Morgan fingerprint density at radius 2 is 2.19 bits per heavy atom. The molecule has 1 unspecified atom stereocenters. The summed E-state index contributed by atoms with van der Waals surface area (Å²) in [5, 5.41) is 3.40. The predicted octanol–water partition coefficient (Wildman–Crippen LogP) is 3.83. The first-order valence-corrected chi connectivity index (χ1v) is 5.75. The maximum Gasteiger partial charge on any atom is 0.123 e.